The number of nitrogens with one attached hydrogen (secondary N) is 2. The minimum Gasteiger partial charge on any atom is -0.505 e. The van der Waals surface area contributed by atoms with Crippen LogP contribution in [0, 0.1) is 13.8 Å². The zero-order chi connectivity index (χ0) is 54.5. The maximum atomic E-state index is 13.2. The van der Waals surface area contributed by atoms with Crippen LogP contribution in [-0.4, -0.2) is 68.2 Å². The molecule has 0 aliphatic heterocycles. The number of aromatic hydroxyl groups is 1. The van der Waals surface area contributed by atoms with Crippen molar-refractivity contribution in [2.45, 2.75) is 30.1 Å². The normalized spacial score (nSPS) is 12.3. The third kappa shape index (κ3) is 13.3. The highest BCUT2D eigenvalue weighted by Crippen LogP contribution is 2.42. The van der Waals surface area contributed by atoms with Crippen molar-refractivity contribution in [2.24, 2.45) is 30.7 Å². The number of hydrogen-bond donors (Lipinski definition) is 7. The highest BCUT2D eigenvalue weighted by Gasteiger charge is 2.23. The first-order valence-corrected chi connectivity index (χ1v) is 26.9. The Hall–Kier alpha value is -8.85. The van der Waals surface area contributed by atoms with E-state index in [2.05, 4.69) is 41.3 Å². The number of amides is 2. The summed E-state index contributed by atoms with van der Waals surface area (Å²) >= 11 is 0. The van der Waals surface area contributed by atoms with Crippen molar-refractivity contribution < 1.29 is 58.3 Å². The first kappa shape index (κ1) is 53.4. The number of carbonyl (C=O) groups is 2. The molecular weight excluding hydrogens is 1040 g/mol. The van der Waals surface area contributed by atoms with E-state index in [0.29, 0.717) is 56.0 Å². The zero-order valence-electron chi connectivity index (χ0n) is 39.8. The quantitative estimate of drug-likeness (QED) is 0.0193. The van der Waals surface area contributed by atoms with E-state index in [0.717, 1.165) is 17.7 Å². The van der Waals surface area contributed by atoms with E-state index in [1.54, 1.807) is 91.9 Å². The van der Waals surface area contributed by atoms with Gasteiger partial charge in [0.1, 0.15) is 16.3 Å². The van der Waals surface area contributed by atoms with Gasteiger partial charge in [-0.25, -0.2) is 0 Å². The van der Waals surface area contributed by atoms with Crippen molar-refractivity contribution in [3.05, 3.63) is 162 Å². The average molecular weight is 1090 g/mol. The van der Waals surface area contributed by atoms with Crippen LogP contribution in [0.4, 0.5) is 51.2 Å². The Labute approximate surface area is 434 Å². The summed E-state index contributed by atoms with van der Waals surface area (Å²) in [4.78, 5) is 24.8. The molecule has 0 radical (unpaired) electrons. The lowest BCUT2D eigenvalue weighted by molar-refractivity contribution is 0.101. The molecule has 0 saturated heterocycles. The van der Waals surface area contributed by atoms with Crippen LogP contribution in [0.25, 0.3) is 21.5 Å². The number of nitrogens with two attached hydrogens (primary N) is 1. The second-order valence-electron chi connectivity index (χ2n) is 16.9. The molecule has 0 unspecified atom stereocenters. The molecule has 0 heterocycles. The maximum Gasteiger partial charge on any atom is 0.296 e. The first-order chi connectivity index (χ1) is 36.0. The molecule has 0 bridgehead atoms. The average Bonchev–Trinajstić information content (AvgIpc) is 3.36. The summed E-state index contributed by atoms with van der Waals surface area (Å²) in [5, 5.41) is 43.2. The number of aryl methyl sites for hydroxylation is 2. The molecule has 22 nitrogen and oxygen atoms in total. The second-order valence-corrected chi connectivity index (χ2v) is 21.3. The molecule has 8 rings (SSSR count). The third-order valence-corrected chi connectivity index (χ3v) is 13.8. The van der Waals surface area contributed by atoms with Crippen molar-refractivity contribution in [3.63, 3.8) is 0 Å². The molecule has 8 aromatic carbocycles. The number of nitrogens with zero attached hydrogens (tertiary/aromatic N) is 6. The largest absolute Gasteiger partial charge is 0.505 e. The van der Waals surface area contributed by atoms with Gasteiger partial charge in [-0.15, -0.1) is 5.11 Å². The van der Waals surface area contributed by atoms with Gasteiger partial charge in [-0.2, -0.15) is 50.8 Å². The Balaban J connectivity index is 0.899. The summed E-state index contributed by atoms with van der Waals surface area (Å²) in [6.45, 7) is 3.35. The molecule has 0 atom stereocenters. The number of benzene rings is 8. The fourth-order valence-corrected chi connectivity index (χ4v) is 9.14. The number of nitrogen functional groups attached to an aromatic ring is 1. The molecule has 76 heavy (non-hydrogen) atoms. The van der Waals surface area contributed by atoms with Crippen LogP contribution in [0.1, 0.15) is 38.3 Å². The summed E-state index contributed by atoms with van der Waals surface area (Å²) in [5.74, 6) is -2.11. The number of carbonyl (C=O) groups excluding carboxylic acids is 2. The molecule has 8 N–H and O–H groups in total. The Kier molecular flexibility index (Phi) is 15.4. The number of rotatable bonds is 17. The summed E-state index contributed by atoms with van der Waals surface area (Å²) in [6, 6.07) is 34.8. The van der Waals surface area contributed by atoms with Gasteiger partial charge < -0.3 is 26.2 Å². The number of azo groups is 3. The number of fused-ring (bicyclic) bond motifs is 2. The minimum absolute atomic E-state index is 0.00808. The second kappa shape index (κ2) is 21.9. The molecule has 0 fully saturated rings. The molecule has 0 aromatic heterocycles. The fraction of sp³-hybridized carbons (Fsp3) is 0.0980. The summed E-state index contributed by atoms with van der Waals surface area (Å²) < 4.78 is 106. The van der Waals surface area contributed by atoms with E-state index < -0.39 is 69.1 Å². The van der Waals surface area contributed by atoms with E-state index in [1.807, 2.05) is 6.92 Å². The standard InChI is InChI=1S/C51H43N9O13S3/c1-29-22-39(15-18-44(29)58-55-36-11-6-32(7-12-36)51(63)54-38-13-8-33-25-41(75(67,68)69)28-46(43(33)27-38)73-20-3-21-74(64,65)66)56-59-45-19-16-40(23-30(45)2)57-60-48-47(76(70,71)72)26-34-24-37(14-17-42(34)49(48)61)53-50(62)31-4-9-35(52)10-5-31/h4-19,22-28,61H,3,20-21,52H2,1-2H3,(H,53,62)(H,54,63)(H,64,65,66)(H,67,68,69)(H,70,71,72). The Morgan fingerprint density at radius 1 is 0.553 bits per heavy atom. The van der Waals surface area contributed by atoms with Gasteiger partial charge >= 0.3 is 0 Å². The Bertz CT molecular complexity index is 4060. The van der Waals surface area contributed by atoms with Crippen molar-refractivity contribution in [3.8, 4) is 11.5 Å². The SMILES string of the molecule is Cc1cc(N=Nc2ccc(N=Nc3c(S(=O)(=O)O)cc4cc(NC(=O)c5ccc(N)cc5)ccc4c3O)cc2C)ccc1N=Nc1ccc(C(=O)Nc2ccc3cc(S(=O)(=O)O)cc(OCCCS(=O)(=O)O)c3c2)cc1. The molecule has 8 aromatic rings. The van der Waals surface area contributed by atoms with Gasteiger partial charge in [0.2, 0.25) is 0 Å². The number of ether oxygens (including phenoxy) is 1. The van der Waals surface area contributed by atoms with Crippen LogP contribution in [0.3, 0.4) is 0 Å². The summed E-state index contributed by atoms with van der Waals surface area (Å²) in [6.07, 6.45) is -0.109. The van der Waals surface area contributed by atoms with E-state index in [-0.39, 0.29) is 46.5 Å². The lowest BCUT2D eigenvalue weighted by Gasteiger charge is -2.13. The molecule has 0 spiro atoms. The van der Waals surface area contributed by atoms with Crippen LogP contribution < -0.4 is 21.1 Å². The smallest absolute Gasteiger partial charge is 0.296 e. The number of phenols is 1. The van der Waals surface area contributed by atoms with E-state index >= 15 is 0 Å². The van der Waals surface area contributed by atoms with Gasteiger partial charge in [-0.3, -0.25) is 23.2 Å². The zero-order valence-corrected chi connectivity index (χ0v) is 42.3. The number of anilines is 3. The van der Waals surface area contributed by atoms with Gasteiger partial charge in [0, 0.05) is 45.0 Å². The van der Waals surface area contributed by atoms with Crippen LogP contribution in [0.2, 0.25) is 0 Å². The molecule has 388 valence electrons. The highest BCUT2D eigenvalue weighted by atomic mass is 32.2. The highest BCUT2D eigenvalue weighted by molar-refractivity contribution is 7.86. The van der Waals surface area contributed by atoms with Crippen LogP contribution in [0.15, 0.2) is 180 Å². The monoisotopic (exact) mass is 1090 g/mol. The first-order valence-electron chi connectivity index (χ1n) is 22.4. The van der Waals surface area contributed by atoms with E-state index in [4.69, 9.17) is 15.0 Å². The van der Waals surface area contributed by atoms with Crippen molar-refractivity contribution in [2.75, 3.05) is 28.7 Å². The minimum atomic E-state index is -4.92. The molecular formula is C51H43N9O13S3. The molecule has 0 aliphatic carbocycles. The van der Waals surface area contributed by atoms with Crippen molar-refractivity contribution in [1.29, 1.82) is 0 Å². The summed E-state index contributed by atoms with van der Waals surface area (Å²) in [7, 11) is -13.8. The van der Waals surface area contributed by atoms with Gasteiger partial charge in [-0.05, 0) is 170 Å². The Morgan fingerprint density at radius 2 is 1.09 bits per heavy atom. The molecule has 2 amide bonds. The van der Waals surface area contributed by atoms with Gasteiger partial charge in [0.15, 0.2) is 5.75 Å². The van der Waals surface area contributed by atoms with Gasteiger partial charge in [0.05, 0.1) is 45.7 Å². The van der Waals surface area contributed by atoms with E-state index in [1.165, 1.54) is 42.5 Å². The number of hydrogen-bond acceptors (Lipinski definition) is 17. The fourth-order valence-electron chi connectivity index (χ4n) is 7.47. The molecule has 25 heteroatoms. The predicted octanol–water partition coefficient (Wildman–Crippen LogP) is 11.8. The van der Waals surface area contributed by atoms with Crippen LogP contribution in [-0.2, 0) is 30.4 Å². The topological polar surface area (TPSA) is 351 Å². The van der Waals surface area contributed by atoms with Crippen LogP contribution in [0.5, 0.6) is 11.5 Å². The predicted molar refractivity (Wildman–Crippen MR) is 284 cm³/mol. The Morgan fingerprint density at radius 3 is 1.66 bits per heavy atom. The molecule has 0 saturated carbocycles. The van der Waals surface area contributed by atoms with Crippen molar-refractivity contribution in [1.82, 2.24) is 0 Å². The van der Waals surface area contributed by atoms with Gasteiger partial charge in [-0.1, -0.05) is 6.07 Å². The van der Waals surface area contributed by atoms with Gasteiger partial charge in [0.25, 0.3) is 42.2 Å². The van der Waals surface area contributed by atoms with Crippen LogP contribution >= 0.6 is 0 Å². The third-order valence-electron chi connectivity index (χ3n) is 11.3. The molecule has 0 aliphatic rings. The lowest BCUT2D eigenvalue weighted by atomic mass is 10.1. The van der Waals surface area contributed by atoms with Crippen molar-refractivity contribution >= 4 is 115 Å². The number of phenolic OH excluding ortho intramolecular Hbond substituents is 1. The lowest BCUT2D eigenvalue weighted by Crippen LogP contribution is -2.11. The maximum absolute atomic E-state index is 13.2. The van der Waals surface area contributed by atoms with E-state index in [9.17, 15) is 49.1 Å². The summed E-state index contributed by atoms with van der Waals surface area (Å²) in [5.41, 5.74) is 10.5.